The van der Waals surface area contributed by atoms with Gasteiger partial charge in [-0.15, -0.1) is 0 Å². The van der Waals surface area contributed by atoms with Gasteiger partial charge < -0.3 is 10.1 Å². The van der Waals surface area contributed by atoms with Crippen molar-refractivity contribution >= 4 is 27.6 Å². The zero-order valence-corrected chi connectivity index (χ0v) is 14.9. The van der Waals surface area contributed by atoms with Crippen LogP contribution < -0.4 is 10.0 Å². The smallest absolute Gasteiger partial charge is 0.338 e. The second-order valence-electron chi connectivity index (χ2n) is 5.32. The third-order valence-corrected chi connectivity index (χ3v) is 4.91. The summed E-state index contributed by atoms with van der Waals surface area (Å²) in [6.07, 6.45) is 0. The van der Waals surface area contributed by atoms with E-state index in [1.165, 1.54) is 43.4 Å². The number of amides is 1. The molecule has 2 rings (SSSR count). The quantitative estimate of drug-likeness (QED) is 0.745. The van der Waals surface area contributed by atoms with Crippen LogP contribution in [0.25, 0.3) is 0 Å². The number of hydrogen-bond acceptors (Lipinski definition) is 5. The molecule has 26 heavy (non-hydrogen) atoms. The first kappa shape index (κ1) is 19.5. The number of esters is 1. The van der Waals surface area contributed by atoms with E-state index in [1.54, 1.807) is 6.92 Å². The Hall–Kier alpha value is -2.78. The Labute approximate surface area is 150 Å². The Morgan fingerprint density at radius 1 is 1.12 bits per heavy atom. The van der Waals surface area contributed by atoms with Crippen molar-refractivity contribution < 1.29 is 27.1 Å². The summed E-state index contributed by atoms with van der Waals surface area (Å²) in [5.74, 6) is -1.91. The molecule has 138 valence electrons. The summed E-state index contributed by atoms with van der Waals surface area (Å²) in [5.41, 5.74) is 1.04. The number of halogens is 1. The average Bonchev–Trinajstić information content (AvgIpc) is 2.63. The number of carbonyl (C=O) groups excluding carboxylic acids is 2. The molecular formula is C17H17FN2O5S. The molecule has 7 nitrogen and oxygen atoms in total. The van der Waals surface area contributed by atoms with Crippen LogP contribution in [0.15, 0.2) is 47.4 Å². The van der Waals surface area contributed by atoms with E-state index >= 15 is 0 Å². The lowest BCUT2D eigenvalue weighted by molar-refractivity contribution is -0.119. The second kappa shape index (κ2) is 8.07. The van der Waals surface area contributed by atoms with E-state index < -0.39 is 34.3 Å². The monoisotopic (exact) mass is 380 g/mol. The van der Waals surface area contributed by atoms with Crippen molar-refractivity contribution in [1.29, 1.82) is 0 Å². The van der Waals surface area contributed by atoms with Crippen molar-refractivity contribution in [2.24, 2.45) is 0 Å². The fourth-order valence-corrected chi connectivity index (χ4v) is 2.75. The normalized spacial score (nSPS) is 11.0. The molecule has 0 unspecified atom stereocenters. The van der Waals surface area contributed by atoms with Gasteiger partial charge in [-0.3, -0.25) is 4.79 Å². The molecule has 0 saturated heterocycles. The first-order valence-electron chi connectivity index (χ1n) is 7.49. The molecule has 0 atom stereocenters. The first-order valence-corrected chi connectivity index (χ1v) is 8.98. The van der Waals surface area contributed by atoms with Gasteiger partial charge in [0.2, 0.25) is 10.0 Å². The summed E-state index contributed by atoms with van der Waals surface area (Å²) in [6, 6.07) is 9.00. The minimum Gasteiger partial charge on any atom is -0.452 e. The number of carbonyl (C=O) groups is 2. The standard InChI is InChI=1S/C17H17FN2O5S/c1-11-3-6-13(18)9-15(11)20-16(21)10-25-17(22)12-4-7-14(8-5-12)26(23,24)19-2/h3-9,19H,10H2,1-2H3,(H,20,21). The molecule has 0 spiro atoms. The number of anilines is 1. The zero-order valence-electron chi connectivity index (χ0n) is 14.1. The van der Waals surface area contributed by atoms with Crippen LogP contribution in [0.4, 0.5) is 10.1 Å². The fourth-order valence-electron chi connectivity index (χ4n) is 2.02. The number of aryl methyl sites for hydroxylation is 1. The zero-order chi connectivity index (χ0) is 19.3. The van der Waals surface area contributed by atoms with E-state index in [9.17, 15) is 22.4 Å². The Kier molecular flexibility index (Phi) is 6.06. The molecule has 0 radical (unpaired) electrons. The largest absolute Gasteiger partial charge is 0.452 e. The van der Waals surface area contributed by atoms with Gasteiger partial charge in [0, 0.05) is 5.69 Å². The highest BCUT2D eigenvalue weighted by Crippen LogP contribution is 2.16. The number of ether oxygens (including phenoxy) is 1. The molecule has 1 amide bonds. The molecule has 0 saturated carbocycles. The predicted octanol–water partition coefficient (Wildman–Crippen LogP) is 1.84. The molecule has 2 aromatic carbocycles. The maximum atomic E-state index is 13.2. The molecule has 0 aliphatic carbocycles. The minimum atomic E-state index is -3.61. The fraction of sp³-hybridized carbons (Fsp3) is 0.176. The van der Waals surface area contributed by atoms with Gasteiger partial charge in [-0.05, 0) is 55.9 Å². The summed E-state index contributed by atoms with van der Waals surface area (Å²) in [4.78, 5) is 23.8. The van der Waals surface area contributed by atoms with Crippen molar-refractivity contribution in [2.45, 2.75) is 11.8 Å². The van der Waals surface area contributed by atoms with Crippen LogP contribution in [-0.2, 0) is 19.6 Å². The van der Waals surface area contributed by atoms with Crippen LogP contribution in [0.1, 0.15) is 15.9 Å². The predicted molar refractivity (Wildman–Crippen MR) is 92.7 cm³/mol. The lowest BCUT2D eigenvalue weighted by atomic mass is 10.2. The van der Waals surface area contributed by atoms with Gasteiger partial charge in [-0.1, -0.05) is 6.07 Å². The number of sulfonamides is 1. The Balaban J connectivity index is 1.96. The summed E-state index contributed by atoms with van der Waals surface area (Å²) < 4.78 is 43.5. The van der Waals surface area contributed by atoms with E-state index in [0.29, 0.717) is 5.56 Å². The molecule has 0 heterocycles. The van der Waals surface area contributed by atoms with Gasteiger partial charge in [-0.2, -0.15) is 0 Å². The molecule has 2 N–H and O–H groups in total. The molecule has 0 bridgehead atoms. The third-order valence-electron chi connectivity index (χ3n) is 3.48. The lowest BCUT2D eigenvalue weighted by Crippen LogP contribution is -2.21. The van der Waals surface area contributed by atoms with E-state index in [0.717, 1.165) is 6.07 Å². The molecule has 0 aliphatic rings. The minimum absolute atomic E-state index is 0.00382. The lowest BCUT2D eigenvalue weighted by Gasteiger charge is -2.09. The number of hydrogen-bond donors (Lipinski definition) is 2. The summed E-state index contributed by atoms with van der Waals surface area (Å²) in [7, 11) is -2.33. The Morgan fingerprint density at radius 3 is 2.38 bits per heavy atom. The maximum Gasteiger partial charge on any atom is 0.338 e. The Bertz CT molecular complexity index is 927. The van der Waals surface area contributed by atoms with Crippen LogP contribution in [0, 0.1) is 12.7 Å². The summed E-state index contributed by atoms with van der Waals surface area (Å²) in [6.45, 7) is 1.13. The average molecular weight is 380 g/mol. The van der Waals surface area contributed by atoms with E-state index in [-0.39, 0.29) is 16.1 Å². The number of nitrogens with one attached hydrogen (secondary N) is 2. The molecular weight excluding hydrogens is 363 g/mol. The highest BCUT2D eigenvalue weighted by atomic mass is 32.2. The van der Waals surface area contributed by atoms with E-state index in [4.69, 9.17) is 4.74 Å². The van der Waals surface area contributed by atoms with Crippen LogP contribution in [0.2, 0.25) is 0 Å². The van der Waals surface area contributed by atoms with E-state index in [2.05, 4.69) is 10.0 Å². The number of benzene rings is 2. The molecule has 2 aromatic rings. The van der Waals surface area contributed by atoms with Gasteiger partial charge >= 0.3 is 5.97 Å². The van der Waals surface area contributed by atoms with Crippen LogP contribution in [0.3, 0.4) is 0 Å². The summed E-state index contributed by atoms with van der Waals surface area (Å²) in [5, 5.41) is 2.45. The second-order valence-corrected chi connectivity index (χ2v) is 7.20. The molecule has 9 heteroatoms. The molecule has 0 aliphatic heterocycles. The summed E-state index contributed by atoms with van der Waals surface area (Å²) >= 11 is 0. The third kappa shape index (κ3) is 4.87. The van der Waals surface area contributed by atoms with E-state index in [1.807, 2.05) is 0 Å². The topological polar surface area (TPSA) is 102 Å². The maximum absolute atomic E-state index is 13.2. The van der Waals surface area contributed by atoms with Crippen molar-refractivity contribution in [3.63, 3.8) is 0 Å². The molecule has 0 fully saturated rings. The highest BCUT2D eigenvalue weighted by Gasteiger charge is 2.14. The van der Waals surface area contributed by atoms with Crippen molar-refractivity contribution in [2.75, 3.05) is 19.0 Å². The first-order chi connectivity index (χ1) is 12.2. The van der Waals surface area contributed by atoms with Gasteiger partial charge in [0.25, 0.3) is 5.91 Å². The van der Waals surface area contributed by atoms with Gasteiger partial charge in [-0.25, -0.2) is 22.3 Å². The van der Waals surface area contributed by atoms with Crippen LogP contribution >= 0.6 is 0 Å². The van der Waals surface area contributed by atoms with Crippen LogP contribution in [0.5, 0.6) is 0 Å². The van der Waals surface area contributed by atoms with Crippen molar-refractivity contribution in [1.82, 2.24) is 4.72 Å². The number of rotatable bonds is 6. The van der Waals surface area contributed by atoms with Crippen molar-refractivity contribution in [3.8, 4) is 0 Å². The Morgan fingerprint density at radius 2 is 1.77 bits per heavy atom. The van der Waals surface area contributed by atoms with Gasteiger partial charge in [0.05, 0.1) is 10.5 Å². The molecule has 0 aromatic heterocycles. The highest BCUT2D eigenvalue weighted by molar-refractivity contribution is 7.89. The van der Waals surface area contributed by atoms with Crippen molar-refractivity contribution in [3.05, 3.63) is 59.4 Å². The van der Waals surface area contributed by atoms with Gasteiger partial charge in [0.15, 0.2) is 6.61 Å². The van der Waals surface area contributed by atoms with Crippen LogP contribution in [-0.4, -0.2) is 33.9 Å². The SMILES string of the molecule is CNS(=O)(=O)c1ccc(C(=O)OCC(=O)Nc2cc(F)ccc2C)cc1. The van der Waals surface area contributed by atoms with Gasteiger partial charge in [0.1, 0.15) is 5.82 Å².